The maximum Gasteiger partial charge on any atom is 0.251 e. The molecule has 86 valence electrons. The fourth-order valence-electron chi connectivity index (χ4n) is 2.77. The maximum absolute atomic E-state index is 11.8. The lowest BCUT2D eigenvalue weighted by Crippen LogP contribution is -2.20. The Morgan fingerprint density at radius 1 is 1.31 bits per heavy atom. The Morgan fingerprint density at radius 3 is 2.62 bits per heavy atom. The molecule has 0 aliphatic heterocycles. The van der Waals surface area contributed by atoms with E-state index in [0.29, 0.717) is 5.92 Å². The van der Waals surface area contributed by atoms with Crippen LogP contribution in [-0.2, 0) is 0 Å². The van der Waals surface area contributed by atoms with E-state index in [9.17, 15) is 4.79 Å². The van der Waals surface area contributed by atoms with Crippen molar-refractivity contribution in [2.24, 2.45) is 0 Å². The molecule has 1 aliphatic carbocycles. The molecule has 0 radical (unpaired) electrons. The largest absolute Gasteiger partial charge is 0.355 e. The molecule has 2 nitrogen and oxygen atoms in total. The average molecular weight is 217 g/mol. The van der Waals surface area contributed by atoms with Gasteiger partial charge in [-0.05, 0) is 42.9 Å². The zero-order valence-electron chi connectivity index (χ0n) is 10.0. The highest BCUT2D eigenvalue weighted by molar-refractivity contribution is 5.96. The van der Waals surface area contributed by atoms with Crippen LogP contribution in [0, 0.1) is 6.92 Å². The summed E-state index contributed by atoms with van der Waals surface area (Å²) in [6.07, 6.45) is 5.06. The molecule has 2 heteroatoms. The van der Waals surface area contributed by atoms with Gasteiger partial charge in [-0.25, -0.2) is 0 Å². The van der Waals surface area contributed by atoms with Crippen molar-refractivity contribution < 1.29 is 4.79 Å². The van der Waals surface area contributed by atoms with Crippen molar-refractivity contribution in [3.05, 3.63) is 34.9 Å². The van der Waals surface area contributed by atoms with Crippen molar-refractivity contribution in [3.63, 3.8) is 0 Å². The van der Waals surface area contributed by atoms with Gasteiger partial charge in [0.25, 0.3) is 5.91 Å². The monoisotopic (exact) mass is 217 g/mol. The van der Waals surface area contributed by atoms with Crippen molar-refractivity contribution in [2.75, 3.05) is 7.05 Å². The van der Waals surface area contributed by atoms with E-state index in [4.69, 9.17) is 0 Å². The second-order valence-corrected chi connectivity index (χ2v) is 4.60. The summed E-state index contributed by atoms with van der Waals surface area (Å²) in [7, 11) is 1.70. The van der Waals surface area contributed by atoms with Gasteiger partial charge in [0.1, 0.15) is 0 Å². The van der Waals surface area contributed by atoms with E-state index in [1.54, 1.807) is 7.05 Å². The van der Waals surface area contributed by atoms with Crippen molar-refractivity contribution >= 4 is 5.91 Å². The summed E-state index contributed by atoms with van der Waals surface area (Å²) in [5.41, 5.74) is 3.40. The second kappa shape index (κ2) is 4.69. The van der Waals surface area contributed by atoms with Gasteiger partial charge in [-0.1, -0.05) is 25.0 Å². The second-order valence-electron chi connectivity index (χ2n) is 4.60. The molecule has 0 bridgehead atoms. The van der Waals surface area contributed by atoms with Gasteiger partial charge in [0.2, 0.25) is 0 Å². The van der Waals surface area contributed by atoms with Crippen LogP contribution >= 0.6 is 0 Å². The molecular formula is C14H19NO. The Bertz CT molecular complexity index is 392. The quantitative estimate of drug-likeness (QED) is 0.810. The molecule has 0 saturated heterocycles. The summed E-state index contributed by atoms with van der Waals surface area (Å²) < 4.78 is 0. The van der Waals surface area contributed by atoms with Gasteiger partial charge in [0, 0.05) is 12.6 Å². The van der Waals surface area contributed by atoms with Gasteiger partial charge in [-0.15, -0.1) is 0 Å². The van der Waals surface area contributed by atoms with E-state index in [0.717, 1.165) is 5.56 Å². The topological polar surface area (TPSA) is 29.1 Å². The molecule has 1 amide bonds. The Hall–Kier alpha value is -1.31. The minimum absolute atomic E-state index is 0.0469. The first-order chi connectivity index (χ1) is 7.74. The fourth-order valence-corrected chi connectivity index (χ4v) is 2.77. The number of nitrogens with one attached hydrogen (secondary N) is 1. The van der Waals surface area contributed by atoms with Crippen LogP contribution in [0.4, 0.5) is 0 Å². The average Bonchev–Trinajstić information content (AvgIpc) is 2.81. The molecule has 16 heavy (non-hydrogen) atoms. The third kappa shape index (κ3) is 1.97. The molecule has 0 spiro atoms. The lowest BCUT2D eigenvalue weighted by molar-refractivity contribution is 0.0961. The van der Waals surface area contributed by atoms with E-state index in [2.05, 4.69) is 18.3 Å². The number of carbonyl (C=O) groups is 1. The number of aryl methyl sites for hydroxylation is 1. The molecule has 0 aromatic heterocycles. The van der Waals surface area contributed by atoms with Crippen molar-refractivity contribution in [3.8, 4) is 0 Å². The number of hydrogen-bond donors (Lipinski definition) is 1. The van der Waals surface area contributed by atoms with Gasteiger partial charge >= 0.3 is 0 Å². The summed E-state index contributed by atoms with van der Waals surface area (Å²) in [6, 6.07) is 6.03. The van der Waals surface area contributed by atoms with Crippen molar-refractivity contribution in [2.45, 2.75) is 38.5 Å². The number of amides is 1. The molecule has 1 aromatic carbocycles. The molecule has 1 aliphatic rings. The molecule has 2 rings (SSSR count). The normalized spacial score (nSPS) is 16.4. The molecule has 1 aromatic rings. The van der Waals surface area contributed by atoms with Gasteiger partial charge in [-0.2, -0.15) is 0 Å². The van der Waals surface area contributed by atoms with E-state index in [1.165, 1.54) is 36.8 Å². The first kappa shape index (κ1) is 11.2. The minimum atomic E-state index is 0.0469. The van der Waals surface area contributed by atoms with E-state index < -0.39 is 0 Å². The maximum atomic E-state index is 11.8. The van der Waals surface area contributed by atoms with Crippen LogP contribution in [0.3, 0.4) is 0 Å². The Kier molecular flexibility index (Phi) is 3.28. The first-order valence-electron chi connectivity index (χ1n) is 6.05. The lowest BCUT2D eigenvalue weighted by atomic mass is 9.89. The van der Waals surface area contributed by atoms with Crippen LogP contribution in [0.25, 0.3) is 0 Å². The van der Waals surface area contributed by atoms with E-state index in [-0.39, 0.29) is 5.91 Å². The number of carbonyl (C=O) groups excluding carboxylic acids is 1. The predicted molar refractivity (Wildman–Crippen MR) is 65.8 cm³/mol. The van der Waals surface area contributed by atoms with Crippen LogP contribution in [0.2, 0.25) is 0 Å². The number of benzene rings is 1. The summed E-state index contributed by atoms with van der Waals surface area (Å²) in [5.74, 6) is 0.638. The third-order valence-corrected chi connectivity index (χ3v) is 3.56. The van der Waals surface area contributed by atoms with Crippen molar-refractivity contribution in [1.82, 2.24) is 5.32 Å². The molecule has 0 unspecified atom stereocenters. The SMILES string of the molecule is CNC(=O)c1cccc(C)c1C1CCCC1. The zero-order valence-corrected chi connectivity index (χ0v) is 10.0. The zero-order chi connectivity index (χ0) is 11.5. The Morgan fingerprint density at radius 2 is 2.00 bits per heavy atom. The van der Waals surface area contributed by atoms with Crippen LogP contribution in [-0.4, -0.2) is 13.0 Å². The summed E-state index contributed by atoms with van der Waals surface area (Å²) in [5, 5.41) is 2.73. The smallest absolute Gasteiger partial charge is 0.251 e. The van der Waals surface area contributed by atoms with Gasteiger partial charge in [0.05, 0.1) is 0 Å². The van der Waals surface area contributed by atoms with Crippen LogP contribution in [0.15, 0.2) is 18.2 Å². The van der Waals surface area contributed by atoms with Crippen LogP contribution in [0.5, 0.6) is 0 Å². The standard InChI is InChI=1S/C14H19NO/c1-10-6-5-9-12(14(16)15-2)13(10)11-7-3-4-8-11/h5-6,9,11H,3-4,7-8H2,1-2H3,(H,15,16). The molecule has 1 saturated carbocycles. The molecule has 1 N–H and O–H groups in total. The molecule has 0 heterocycles. The predicted octanol–water partition coefficient (Wildman–Crippen LogP) is 3.01. The highest BCUT2D eigenvalue weighted by Crippen LogP contribution is 2.37. The fraction of sp³-hybridized carbons (Fsp3) is 0.500. The van der Waals surface area contributed by atoms with Gasteiger partial charge in [-0.3, -0.25) is 4.79 Å². The summed E-state index contributed by atoms with van der Waals surface area (Å²) in [6.45, 7) is 2.11. The number of rotatable bonds is 2. The van der Waals surface area contributed by atoms with E-state index >= 15 is 0 Å². The third-order valence-electron chi connectivity index (χ3n) is 3.56. The molecule has 0 atom stereocenters. The Balaban J connectivity index is 2.43. The highest BCUT2D eigenvalue weighted by Gasteiger charge is 2.23. The van der Waals surface area contributed by atoms with Crippen LogP contribution < -0.4 is 5.32 Å². The van der Waals surface area contributed by atoms with Crippen LogP contribution in [0.1, 0.15) is 53.1 Å². The summed E-state index contributed by atoms with van der Waals surface area (Å²) >= 11 is 0. The molecule has 1 fully saturated rings. The number of hydrogen-bond acceptors (Lipinski definition) is 1. The van der Waals surface area contributed by atoms with Gasteiger partial charge in [0.15, 0.2) is 0 Å². The minimum Gasteiger partial charge on any atom is -0.355 e. The first-order valence-corrected chi connectivity index (χ1v) is 6.05. The highest BCUT2D eigenvalue weighted by atomic mass is 16.1. The van der Waals surface area contributed by atoms with E-state index in [1.807, 2.05) is 12.1 Å². The molecular weight excluding hydrogens is 198 g/mol. The summed E-state index contributed by atoms with van der Waals surface area (Å²) in [4.78, 5) is 11.8. The lowest BCUT2D eigenvalue weighted by Gasteiger charge is -2.17. The van der Waals surface area contributed by atoms with Gasteiger partial charge < -0.3 is 5.32 Å². The Labute approximate surface area is 97.1 Å². The van der Waals surface area contributed by atoms with Crippen molar-refractivity contribution in [1.29, 1.82) is 0 Å².